The predicted molar refractivity (Wildman–Crippen MR) is 153 cm³/mol. The van der Waals surface area contributed by atoms with E-state index >= 15 is 0 Å². The minimum Gasteiger partial charge on any atom is -0.282 e. The molecule has 1 aromatic heterocycles. The molecule has 1 saturated carbocycles. The Morgan fingerprint density at radius 1 is 0.825 bits per heavy atom. The molecule has 5 atom stereocenters. The van der Waals surface area contributed by atoms with Gasteiger partial charge in [-0.2, -0.15) is 5.26 Å². The first-order valence-electron chi connectivity index (χ1n) is 14.1. The van der Waals surface area contributed by atoms with Crippen molar-refractivity contribution in [3.05, 3.63) is 142 Å². The zero-order valence-electron chi connectivity index (χ0n) is 21.9. The Morgan fingerprint density at radius 2 is 1.50 bits per heavy atom. The van der Waals surface area contributed by atoms with Crippen molar-refractivity contribution in [3.63, 3.8) is 0 Å². The topological polar surface area (TPSA) is 61.9 Å². The van der Waals surface area contributed by atoms with E-state index in [9.17, 15) is 10.1 Å². The molecule has 0 unspecified atom stereocenters. The highest BCUT2D eigenvalue weighted by atomic mass is 16.1. The number of hydrogen-bond acceptors (Lipinski definition) is 4. The van der Waals surface area contributed by atoms with Gasteiger partial charge < -0.3 is 0 Å². The molecular formula is C35H26N4O. The summed E-state index contributed by atoms with van der Waals surface area (Å²) in [5, 5.41) is 11.7. The fourth-order valence-electron chi connectivity index (χ4n) is 9.51. The fraction of sp³-hybridized carbons (Fsp3) is 0.229. The van der Waals surface area contributed by atoms with Gasteiger partial charge in [-0.1, -0.05) is 91.0 Å². The third kappa shape index (κ3) is 2.11. The minimum absolute atomic E-state index is 0.0461. The van der Waals surface area contributed by atoms with Gasteiger partial charge in [0.2, 0.25) is 0 Å². The first-order chi connectivity index (χ1) is 19.7. The lowest BCUT2D eigenvalue weighted by Crippen LogP contribution is -2.53. The van der Waals surface area contributed by atoms with Gasteiger partial charge in [0.15, 0.2) is 0 Å². The molecule has 9 rings (SSSR count). The van der Waals surface area contributed by atoms with E-state index in [4.69, 9.17) is 4.98 Å². The highest BCUT2D eigenvalue weighted by Gasteiger charge is 2.95. The molecule has 40 heavy (non-hydrogen) atoms. The van der Waals surface area contributed by atoms with Crippen molar-refractivity contribution in [3.8, 4) is 11.8 Å². The highest BCUT2D eigenvalue weighted by molar-refractivity contribution is 5.81. The van der Waals surface area contributed by atoms with Gasteiger partial charge in [-0.05, 0) is 48.7 Å². The number of para-hydroxylation sites is 2. The second-order valence-electron chi connectivity index (χ2n) is 11.6. The molecule has 3 aliphatic heterocycles. The summed E-state index contributed by atoms with van der Waals surface area (Å²) in [7, 11) is 0. The third-order valence-corrected chi connectivity index (χ3v) is 10.5. The maximum absolute atomic E-state index is 14.3. The Balaban J connectivity index is 1.52. The molecule has 1 spiro atoms. The molecule has 5 heteroatoms. The van der Waals surface area contributed by atoms with Gasteiger partial charge in [-0.15, -0.1) is 0 Å². The highest BCUT2D eigenvalue weighted by Crippen LogP contribution is 2.86. The SMILES string of the molecule is N#C[C@@H]1[C@@]2(c3ccccc3)[C@H]3CCCN3[C@@]3(c4ccccc4-n4c3nc3ccccc3c4=O)[C@@]12c1ccccc1. The summed E-state index contributed by atoms with van der Waals surface area (Å²) in [6, 6.07) is 40.3. The molecule has 3 fully saturated rings. The lowest BCUT2D eigenvalue weighted by Gasteiger charge is -2.43. The van der Waals surface area contributed by atoms with E-state index in [-0.39, 0.29) is 17.5 Å². The summed E-state index contributed by atoms with van der Waals surface area (Å²) in [5.41, 5.74) is 3.14. The Hall–Kier alpha value is -4.53. The molecule has 4 aromatic carbocycles. The molecule has 1 aliphatic carbocycles. The smallest absolute Gasteiger partial charge is 0.266 e. The number of fused-ring (bicyclic) bond motifs is 11. The van der Waals surface area contributed by atoms with Crippen LogP contribution in [0.2, 0.25) is 0 Å². The largest absolute Gasteiger partial charge is 0.282 e. The van der Waals surface area contributed by atoms with Crippen LogP contribution >= 0.6 is 0 Å². The summed E-state index contributed by atoms with van der Waals surface area (Å²) in [4.78, 5) is 22.3. The second-order valence-corrected chi connectivity index (χ2v) is 11.6. The molecule has 5 aromatic rings. The van der Waals surface area contributed by atoms with E-state index in [0.717, 1.165) is 42.0 Å². The molecule has 0 amide bonds. The number of aromatic nitrogens is 2. The number of piperidine rings is 1. The average molecular weight is 519 g/mol. The van der Waals surface area contributed by atoms with Gasteiger partial charge >= 0.3 is 0 Å². The van der Waals surface area contributed by atoms with Gasteiger partial charge in [0.05, 0.1) is 34.0 Å². The van der Waals surface area contributed by atoms with Crippen LogP contribution in [0.3, 0.4) is 0 Å². The summed E-state index contributed by atoms with van der Waals surface area (Å²) in [6.07, 6.45) is 2.05. The summed E-state index contributed by atoms with van der Waals surface area (Å²) in [6.45, 7) is 0.892. The van der Waals surface area contributed by atoms with E-state index < -0.39 is 16.4 Å². The van der Waals surface area contributed by atoms with Crippen molar-refractivity contribution in [1.29, 1.82) is 5.26 Å². The molecule has 0 N–H and O–H groups in total. The molecular weight excluding hydrogens is 492 g/mol. The summed E-state index contributed by atoms with van der Waals surface area (Å²) < 4.78 is 1.87. The number of nitriles is 1. The van der Waals surface area contributed by atoms with Crippen molar-refractivity contribution >= 4 is 10.9 Å². The standard InChI is InChI=1S/C35H26N4O/c36-22-29-33(23-12-3-1-4-13-23)30-20-11-21-38(30)35(34(29,33)24-14-5-2-6-15-24)26-17-8-10-19-28(26)39-31(40)25-16-7-9-18-27(25)37-32(35)39/h1-10,12-19,29-30H,11,20-21H2/t29-,30-,33+,34+,35-/m1/s1. The van der Waals surface area contributed by atoms with Crippen LogP contribution in [-0.4, -0.2) is 27.0 Å². The predicted octanol–water partition coefficient (Wildman–Crippen LogP) is 5.45. The molecule has 0 bridgehead atoms. The van der Waals surface area contributed by atoms with Crippen LogP contribution < -0.4 is 5.56 Å². The number of nitrogens with zero attached hydrogens (tertiary/aromatic N) is 4. The molecule has 192 valence electrons. The maximum atomic E-state index is 14.3. The van der Waals surface area contributed by atoms with Crippen molar-refractivity contribution in [2.45, 2.75) is 35.3 Å². The van der Waals surface area contributed by atoms with E-state index in [1.54, 1.807) is 0 Å². The van der Waals surface area contributed by atoms with Crippen molar-refractivity contribution < 1.29 is 0 Å². The van der Waals surface area contributed by atoms with Crippen LogP contribution in [0.1, 0.15) is 35.4 Å². The lowest BCUT2D eigenvalue weighted by molar-refractivity contribution is 0.106. The van der Waals surface area contributed by atoms with Crippen LogP contribution in [0.15, 0.2) is 114 Å². The average Bonchev–Trinajstić information content (AvgIpc) is 3.27. The summed E-state index contributed by atoms with van der Waals surface area (Å²) >= 11 is 0. The van der Waals surface area contributed by atoms with Crippen LogP contribution in [0.4, 0.5) is 0 Å². The number of benzene rings is 4. The molecule has 2 saturated heterocycles. The Bertz CT molecular complexity index is 1960. The third-order valence-electron chi connectivity index (χ3n) is 10.5. The van der Waals surface area contributed by atoms with Crippen molar-refractivity contribution in [1.82, 2.24) is 14.5 Å². The van der Waals surface area contributed by atoms with Gasteiger partial charge in [0.25, 0.3) is 5.56 Å². The van der Waals surface area contributed by atoms with Gasteiger partial charge in [0.1, 0.15) is 11.4 Å². The molecule has 5 nitrogen and oxygen atoms in total. The van der Waals surface area contributed by atoms with Crippen molar-refractivity contribution in [2.24, 2.45) is 5.92 Å². The van der Waals surface area contributed by atoms with E-state index in [0.29, 0.717) is 10.9 Å². The van der Waals surface area contributed by atoms with Gasteiger partial charge in [-0.25, -0.2) is 4.98 Å². The van der Waals surface area contributed by atoms with Crippen LogP contribution in [0.25, 0.3) is 16.6 Å². The van der Waals surface area contributed by atoms with Gasteiger partial charge in [-0.3, -0.25) is 14.3 Å². The normalized spacial score (nSPS) is 31.0. The lowest BCUT2D eigenvalue weighted by atomic mass is 9.67. The van der Waals surface area contributed by atoms with Crippen LogP contribution in [0, 0.1) is 17.2 Å². The van der Waals surface area contributed by atoms with Crippen molar-refractivity contribution in [2.75, 3.05) is 6.54 Å². The Labute approximate surface area is 232 Å². The maximum Gasteiger partial charge on any atom is 0.266 e. The first kappa shape index (κ1) is 22.3. The fourth-order valence-corrected chi connectivity index (χ4v) is 9.51. The Morgan fingerprint density at radius 3 is 2.27 bits per heavy atom. The van der Waals surface area contributed by atoms with Gasteiger partial charge in [0, 0.05) is 17.0 Å². The Kier molecular flexibility index (Phi) is 4.10. The number of hydrogen-bond donors (Lipinski definition) is 0. The zero-order chi connectivity index (χ0) is 26.7. The monoisotopic (exact) mass is 518 g/mol. The van der Waals surface area contributed by atoms with E-state index in [1.165, 1.54) is 5.56 Å². The molecule has 4 heterocycles. The summed E-state index contributed by atoms with van der Waals surface area (Å²) in [5.74, 6) is 0.468. The quantitative estimate of drug-likeness (QED) is 0.312. The molecule has 0 radical (unpaired) electrons. The number of rotatable bonds is 2. The first-order valence-corrected chi connectivity index (χ1v) is 14.1. The molecule has 4 aliphatic rings. The van der Waals surface area contributed by atoms with E-state index in [1.807, 2.05) is 41.0 Å². The van der Waals surface area contributed by atoms with E-state index in [2.05, 4.69) is 83.8 Å². The van der Waals surface area contributed by atoms with Crippen LogP contribution in [0.5, 0.6) is 0 Å². The zero-order valence-corrected chi connectivity index (χ0v) is 21.9. The minimum atomic E-state index is -0.772. The second kappa shape index (κ2) is 7.35. The van der Waals surface area contributed by atoms with Crippen LogP contribution in [-0.2, 0) is 16.4 Å².